The van der Waals surface area contributed by atoms with E-state index < -0.39 is 9.84 Å². The summed E-state index contributed by atoms with van der Waals surface area (Å²) in [5.41, 5.74) is 3.26. The molecule has 0 aliphatic heterocycles. The summed E-state index contributed by atoms with van der Waals surface area (Å²) in [5, 5.41) is 20.0. The Labute approximate surface area is 137 Å². The van der Waals surface area contributed by atoms with Crippen LogP contribution in [-0.4, -0.2) is 18.6 Å². The lowest BCUT2D eigenvalue weighted by Crippen LogP contribution is -2.12. The number of hydrogen-bond donors (Lipinski definition) is 2. The number of aromatic hydroxyl groups is 2. The monoisotopic (exact) mass is 334 g/mol. The molecule has 0 radical (unpaired) electrons. The molecular formula is C18H22O4S. The third-order valence-corrected chi connectivity index (χ3v) is 6.86. The van der Waals surface area contributed by atoms with Gasteiger partial charge in [0.1, 0.15) is 11.5 Å². The zero-order valence-corrected chi connectivity index (χ0v) is 15.1. The van der Waals surface area contributed by atoms with Crippen molar-refractivity contribution in [3.05, 3.63) is 45.5 Å². The molecule has 0 aromatic heterocycles. The van der Waals surface area contributed by atoms with E-state index in [0.717, 1.165) is 5.56 Å². The topological polar surface area (TPSA) is 74.6 Å². The maximum atomic E-state index is 13.3. The van der Waals surface area contributed by atoms with Crippen molar-refractivity contribution >= 4 is 9.84 Å². The maximum absolute atomic E-state index is 13.3. The summed E-state index contributed by atoms with van der Waals surface area (Å²) < 4.78 is 26.6. The predicted molar refractivity (Wildman–Crippen MR) is 90.1 cm³/mol. The van der Waals surface area contributed by atoms with E-state index >= 15 is 0 Å². The Morgan fingerprint density at radius 2 is 1.13 bits per heavy atom. The number of phenolic OH excluding ortho intramolecular Hbond substituents is 2. The molecule has 5 heteroatoms. The largest absolute Gasteiger partial charge is 0.508 e. The van der Waals surface area contributed by atoms with Gasteiger partial charge in [-0.3, -0.25) is 0 Å². The third kappa shape index (κ3) is 2.59. The summed E-state index contributed by atoms with van der Waals surface area (Å²) in [4.78, 5) is 0.343. The van der Waals surface area contributed by atoms with Gasteiger partial charge in [0, 0.05) is 5.56 Å². The van der Waals surface area contributed by atoms with Crippen LogP contribution in [0.4, 0.5) is 0 Å². The van der Waals surface area contributed by atoms with Crippen molar-refractivity contribution in [2.75, 3.05) is 0 Å². The van der Waals surface area contributed by atoms with E-state index in [1.165, 1.54) is 6.07 Å². The fourth-order valence-electron chi connectivity index (χ4n) is 2.95. The van der Waals surface area contributed by atoms with Gasteiger partial charge < -0.3 is 10.2 Å². The van der Waals surface area contributed by atoms with Gasteiger partial charge in [-0.05, 0) is 81.5 Å². The second-order valence-electron chi connectivity index (χ2n) is 6.09. The molecule has 0 fully saturated rings. The smallest absolute Gasteiger partial charge is 0.207 e. The van der Waals surface area contributed by atoms with Crippen LogP contribution in [-0.2, 0) is 9.84 Å². The van der Waals surface area contributed by atoms with Crippen molar-refractivity contribution < 1.29 is 18.6 Å². The molecule has 0 spiro atoms. The van der Waals surface area contributed by atoms with Crippen LogP contribution in [0.1, 0.15) is 33.4 Å². The first-order chi connectivity index (χ1) is 10.5. The first kappa shape index (κ1) is 17.3. The van der Waals surface area contributed by atoms with Crippen molar-refractivity contribution in [3.8, 4) is 11.5 Å². The van der Waals surface area contributed by atoms with Crippen molar-refractivity contribution in [1.82, 2.24) is 0 Å². The lowest BCUT2D eigenvalue weighted by atomic mass is 10.1. The molecule has 0 bridgehead atoms. The quantitative estimate of drug-likeness (QED) is 0.876. The SMILES string of the molecule is Cc1cc(O)c(C)c(S(=O)(=O)c2c(C)cc(O)c(C)c2C)c1C. The van der Waals surface area contributed by atoms with Crippen LogP contribution in [0.15, 0.2) is 21.9 Å². The minimum absolute atomic E-state index is 0.0301. The maximum Gasteiger partial charge on any atom is 0.207 e. The molecule has 2 aromatic rings. The standard InChI is InChI=1S/C18H22O4S/c1-9-7-16(20)14(6)18(11(9)3)23(21,22)17-10(2)8-15(19)12(4)13(17)5/h7-8,19-20H,1-6H3. The van der Waals surface area contributed by atoms with E-state index in [4.69, 9.17) is 0 Å². The molecular weight excluding hydrogens is 312 g/mol. The first-order valence-corrected chi connectivity index (χ1v) is 8.83. The van der Waals surface area contributed by atoms with E-state index in [9.17, 15) is 18.6 Å². The Balaban J connectivity index is 2.94. The second-order valence-corrected chi connectivity index (χ2v) is 7.91. The van der Waals surface area contributed by atoms with Gasteiger partial charge >= 0.3 is 0 Å². The molecule has 0 heterocycles. The van der Waals surface area contributed by atoms with E-state index in [0.29, 0.717) is 27.8 Å². The molecule has 0 unspecified atom stereocenters. The zero-order valence-electron chi connectivity index (χ0n) is 14.3. The normalized spacial score (nSPS) is 11.7. The molecule has 0 aliphatic rings. The minimum atomic E-state index is -3.82. The first-order valence-electron chi connectivity index (χ1n) is 7.34. The van der Waals surface area contributed by atoms with Crippen molar-refractivity contribution in [3.63, 3.8) is 0 Å². The van der Waals surface area contributed by atoms with E-state index in [2.05, 4.69) is 0 Å². The van der Waals surface area contributed by atoms with Crippen LogP contribution in [0.25, 0.3) is 0 Å². The number of aryl methyl sites for hydroxylation is 2. The number of hydrogen-bond acceptors (Lipinski definition) is 4. The lowest BCUT2D eigenvalue weighted by Gasteiger charge is -2.19. The Morgan fingerprint density at radius 3 is 1.70 bits per heavy atom. The van der Waals surface area contributed by atoms with E-state index in [1.807, 2.05) is 0 Å². The van der Waals surface area contributed by atoms with Gasteiger partial charge in [0.15, 0.2) is 0 Å². The van der Waals surface area contributed by atoms with Gasteiger partial charge in [0.25, 0.3) is 0 Å². The van der Waals surface area contributed by atoms with Crippen LogP contribution < -0.4 is 0 Å². The summed E-state index contributed by atoms with van der Waals surface area (Å²) in [6.45, 7) is 10.2. The molecule has 0 saturated carbocycles. The minimum Gasteiger partial charge on any atom is -0.508 e. The zero-order chi connectivity index (χ0) is 17.7. The Hall–Kier alpha value is -2.01. The molecule has 124 valence electrons. The lowest BCUT2D eigenvalue weighted by molar-refractivity contribution is 0.466. The molecule has 2 rings (SSSR count). The highest BCUT2D eigenvalue weighted by Crippen LogP contribution is 2.38. The summed E-state index contributed by atoms with van der Waals surface area (Å²) in [7, 11) is -3.82. The van der Waals surface area contributed by atoms with Gasteiger partial charge in [-0.25, -0.2) is 8.42 Å². The molecule has 0 atom stereocenters. The van der Waals surface area contributed by atoms with Crippen molar-refractivity contribution in [1.29, 1.82) is 0 Å². The molecule has 4 nitrogen and oxygen atoms in total. The van der Waals surface area contributed by atoms with Crippen molar-refractivity contribution in [2.24, 2.45) is 0 Å². The average molecular weight is 334 g/mol. The van der Waals surface area contributed by atoms with Crippen LogP contribution in [0, 0.1) is 41.5 Å². The van der Waals surface area contributed by atoms with Gasteiger partial charge in [-0.15, -0.1) is 0 Å². The fraction of sp³-hybridized carbons (Fsp3) is 0.333. The number of sulfone groups is 1. The molecule has 0 amide bonds. The molecule has 2 N–H and O–H groups in total. The molecule has 2 aromatic carbocycles. The van der Waals surface area contributed by atoms with Gasteiger partial charge in [-0.2, -0.15) is 0 Å². The third-order valence-electron chi connectivity index (χ3n) is 4.55. The van der Waals surface area contributed by atoms with Crippen molar-refractivity contribution in [2.45, 2.75) is 51.3 Å². The molecule has 23 heavy (non-hydrogen) atoms. The Morgan fingerprint density at radius 1 is 0.652 bits per heavy atom. The fourth-order valence-corrected chi connectivity index (χ4v) is 5.27. The highest BCUT2D eigenvalue weighted by atomic mass is 32.2. The van der Waals surface area contributed by atoms with E-state index in [-0.39, 0.29) is 21.3 Å². The Bertz CT molecular complexity index is 883. The van der Waals surface area contributed by atoms with Crippen LogP contribution >= 0.6 is 0 Å². The van der Waals surface area contributed by atoms with Crippen LogP contribution in [0.5, 0.6) is 11.5 Å². The van der Waals surface area contributed by atoms with Crippen LogP contribution in [0.2, 0.25) is 0 Å². The van der Waals surface area contributed by atoms with E-state index in [1.54, 1.807) is 47.6 Å². The van der Waals surface area contributed by atoms with Gasteiger partial charge in [0.05, 0.1) is 9.79 Å². The van der Waals surface area contributed by atoms with Gasteiger partial charge in [0.2, 0.25) is 9.84 Å². The summed E-state index contributed by atoms with van der Waals surface area (Å²) >= 11 is 0. The highest BCUT2D eigenvalue weighted by Gasteiger charge is 2.29. The summed E-state index contributed by atoms with van der Waals surface area (Å²) in [6.07, 6.45) is 0. The van der Waals surface area contributed by atoms with Crippen LogP contribution in [0.3, 0.4) is 0 Å². The second kappa shape index (κ2) is 5.57. The average Bonchev–Trinajstić information content (AvgIpc) is 2.42. The number of benzene rings is 2. The number of phenols is 2. The predicted octanol–water partition coefficient (Wildman–Crippen LogP) is 3.78. The highest BCUT2D eigenvalue weighted by molar-refractivity contribution is 7.91. The molecule has 0 saturated heterocycles. The van der Waals surface area contributed by atoms with Gasteiger partial charge in [-0.1, -0.05) is 0 Å². The molecule has 0 aliphatic carbocycles. The summed E-state index contributed by atoms with van der Waals surface area (Å²) in [6, 6.07) is 3.04. The summed E-state index contributed by atoms with van der Waals surface area (Å²) in [5.74, 6) is 0.0527. The Kier molecular flexibility index (Phi) is 4.20. The number of rotatable bonds is 2.